The molecule has 0 saturated heterocycles. The molecule has 0 bridgehead atoms. The van der Waals surface area contributed by atoms with Gasteiger partial charge in [0.05, 0.1) is 25.0 Å². The molecule has 0 radical (unpaired) electrons. The lowest BCUT2D eigenvalue weighted by Gasteiger charge is -2.17. The van der Waals surface area contributed by atoms with Crippen molar-refractivity contribution in [2.45, 2.75) is 30.3 Å². The SMILES string of the molecule is CCC(Sc1nc2ccsc2c(=O)n1CC(=O)OC)C(=O)Nc1cccc(OC)c1. The fourth-order valence-corrected chi connectivity index (χ4v) is 4.51. The Kier molecular flexibility index (Phi) is 7.11. The summed E-state index contributed by atoms with van der Waals surface area (Å²) in [6, 6.07) is 8.79. The number of nitrogens with one attached hydrogen (secondary N) is 1. The van der Waals surface area contributed by atoms with Crippen LogP contribution in [0.3, 0.4) is 0 Å². The van der Waals surface area contributed by atoms with Crippen molar-refractivity contribution < 1.29 is 19.1 Å². The number of carbonyl (C=O) groups excluding carboxylic acids is 2. The fourth-order valence-electron chi connectivity index (χ4n) is 2.72. The Morgan fingerprint density at radius 2 is 2.10 bits per heavy atom. The molecule has 3 rings (SSSR count). The van der Waals surface area contributed by atoms with E-state index in [4.69, 9.17) is 9.47 Å². The van der Waals surface area contributed by atoms with Crippen LogP contribution in [0.25, 0.3) is 10.2 Å². The number of carbonyl (C=O) groups is 2. The summed E-state index contributed by atoms with van der Waals surface area (Å²) in [5.41, 5.74) is 0.814. The van der Waals surface area contributed by atoms with Gasteiger partial charge in [-0.1, -0.05) is 24.8 Å². The van der Waals surface area contributed by atoms with E-state index in [0.717, 1.165) is 11.8 Å². The van der Waals surface area contributed by atoms with Gasteiger partial charge in [-0.25, -0.2) is 4.98 Å². The molecule has 8 nitrogen and oxygen atoms in total. The summed E-state index contributed by atoms with van der Waals surface area (Å²) in [6.45, 7) is 1.60. The molecule has 3 aromatic rings. The van der Waals surface area contributed by atoms with Crippen LogP contribution in [0.1, 0.15) is 13.3 Å². The first-order valence-electron chi connectivity index (χ1n) is 9.13. The lowest BCUT2D eigenvalue weighted by molar-refractivity contribution is -0.141. The molecule has 0 aliphatic heterocycles. The van der Waals surface area contributed by atoms with Crippen LogP contribution in [0, 0.1) is 0 Å². The van der Waals surface area contributed by atoms with Gasteiger partial charge in [0, 0.05) is 11.8 Å². The molecule has 30 heavy (non-hydrogen) atoms. The van der Waals surface area contributed by atoms with Gasteiger partial charge < -0.3 is 14.8 Å². The standard InChI is InChI=1S/C20H21N3O5S2/c1-4-15(18(25)21-12-6-5-7-13(10-12)27-2)30-20-22-14-8-9-29-17(14)19(26)23(20)11-16(24)28-3/h5-10,15H,4,11H2,1-3H3,(H,21,25). The van der Waals surface area contributed by atoms with Gasteiger partial charge in [-0.15, -0.1) is 11.3 Å². The van der Waals surface area contributed by atoms with Gasteiger partial charge in [0.25, 0.3) is 5.56 Å². The van der Waals surface area contributed by atoms with Crippen LogP contribution >= 0.6 is 23.1 Å². The molecular weight excluding hydrogens is 426 g/mol. The number of nitrogens with zero attached hydrogens (tertiary/aromatic N) is 2. The van der Waals surface area contributed by atoms with E-state index in [2.05, 4.69) is 10.3 Å². The van der Waals surface area contributed by atoms with Crippen molar-refractivity contribution in [3.05, 3.63) is 46.1 Å². The Bertz CT molecular complexity index is 1130. The summed E-state index contributed by atoms with van der Waals surface area (Å²) in [5, 5.41) is 4.40. The van der Waals surface area contributed by atoms with Crippen LogP contribution in [0.5, 0.6) is 5.75 Å². The number of amides is 1. The summed E-state index contributed by atoms with van der Waals surface area (Å²) < 4.78 is 11.6. The summed E-state index contributed by atoms with van der Waals surface area (Å²) in [5.74, 6) is -0.171. The molecule has 0 aliphatic rings. The van der Waals surface area contributed by atoms with E-state index in [0.29, 0.717) is 33.2 Å². The van der Waals surface area contributed by atoms with Crippen LogP contribution in [-0.4, -0.2) is 40.9 Å². The van der Waals surface area contributed by atoms with E-state index in [1.54, 1.807) is 42.8 Å². The van der Waals surface area contributed by atoms with Crippen molar-refractivity contribution >= 4 is 50.9 Å². The number of fused-ring (bicyclic) bond motifs is 1. The van der Waals surface area contributed by atoms with Gasteiger partial charge in [-0.05, 0) is 30.0 Å². The Balaban J connectivity index is 1.89. The van der Waals surface area contributed by atoms with E-state index in [1.165, 1.54) is 23.0 Å². The Hall–Kier alpha value is -2.85. The first kappa shape index (κ1) is 21.8. The molecule has 1 aromatic carbocycles. The van der Waals surface area contributed by atoms with Crippen molar-refractivity contribution in [2.75, 3.05) is 19.5 Å². The molecule has 2 aromatic heterocycles. The first-order valence-corrected chi connectivity index (χ1v) is 10.9. The van der Waals surface area contributed by atoms with Gasteiger partial charge >= 0.3 is 5.97 Å². The molecule has 0 fully saturated rings. The van der Waals surface area contributed by atoms with Crippen LogP contribution in [0.2, 0.25) is 0 Å². The average Bonchev–Trinajstić information content (AvgIpc) is 3.23. The Labute approximate surface area is 181 Å². The van der Waals surface area contributed by atoms with Crippen LogP contribution in [-0.2, 0) is 20.9 Å². The minimum absolute atomic E-state index is 0.236. The maximum Gasteiger partial charge on any atom is 0.325 e. The third kappa shape index (κ3) is 4.82. The highest BCUT2D eigenvalue weighted by atomic mass is 32.2. The van der Waals surface area contributed by atoms with Crippen LogP contribution < -0.4 is 15.6 Å². The van der Waals surface area contributed by atoms with Crippen molar-refractivity contribution in [2.24, 2.45) is 0 Å². The predicted octanol–water partition coefficient (Wildman–Crippen LogP) is 3.15. The first-order chi connectivity index (χ1) is 14.5. The number of aromatic nitrogens is 2. The van der Waals surface area contributed by atoms with Gasteiger partial charge in [0.1, 0.15) is 17.0 Å². The monoisotopic (exact) mass is 447 g/mol. The molecule has 1 atom stereocenters. The lowest BCUT2D eigenvalue weighted by Crippen LogP contribution is -2.30. The van der Waals surface area contributed by atoms with E-state index in [9.17, 15) is 14.4 Å². The van der Waals surface area contributed by atoms with Crippen molar-refractivity contribution in [3.8, 4) is 5.75 Å². The minimum atomic E-state index is -0.564. The molecule has 1 amide bonds. The number of thiophene rings is 1. The quantitative estimate of drug-likeness (QED) is 0.322. The lowest BCUT2D eigenvalue weighted by atomic mass is 10.2. The van der Waals surface area contributed by atoms with Gasteiger partial charge in [0.15, 0.2) is 5.16 Å². The maximum absolute atomic E-state index is 12.9. The molecule has 0 aliphatic carbocycles. The zero-order chi connectivity index (χ0) is 21.7. The third-order valence-corrected chi connectivity index (χ3v) is 6.54. The highest BCUT2D eigenvalue weighted by molar-refractivity contribution is 8.00. The summed E-state index contributed by atoms with van der Waals surface area (Å²) >= 11 is 2.40. The van der Waals surface area contributed by atoms with Crippen LogP contribution in [0.15, 0.2) is 45.7 Å². The third-order valence-electron chi connectivity index (χ3n) is 4.29. The number of hydrogen-bond acceptors (Lipinski definition) is 8. The van der Waals surface area contributed by atoms with Gasteiger partial charge in [0.2, 0.25) is 5.91 Å². The molecule has 0 spiro atoms. The van der Waals surface area contributed by atoms with Crippen molar-refractivity contribution in [1.29, 1.82) is 0 Å². The highest BCUT2D eigenvalue weighted by Gasteiger charge is 2.23. The van der Waals surface area contributed by atoms with E-state index >= 15 is 0 Å². The topological polar surface area (TPSA) is 99.5 Å². The van der Waals surface area contributed by atoms with E-state index in [-0.39, 0.29) is 18.0 Å². The predicted molar refractivity (Wildman–Crippen MR) is 117 cm³/mol. The average molecular weight is 448 g/mol. The largest absolute Gasteiger partial charge is 0.497 e. The Morgan fingerprint density at radius 1 is 1.30 bits per heavy atom. The molecule has 158 valence electrons. The van der Waals surface area contributed by atoms with Gasteiger partial charge in [-0.3, -0.25) is 19.0 Å². The van der Waals surface area contributed by atoms with Crippen molar-refractivity contribution in [1.82, 2.24) is 9.55 Å². The molecule has 1 unspecified atom stereocenters. The summed E-state index contributed by atoms with van der Waals surface area (Å²) in [4.78, 5) is 42.1. The molecule has 0 saturated carbocycles. The number of esters is 1. The number of benzene rings is 1. The number of rotatable bonds is 8. The normalized spacial score (nSPS) is 11.8. The number of thioether (sulfide) groups is 1. The van der Waals surface area contributed by atoms with E-state index < -0.39 is 11.2 Å². The molecular formula is C20H21N3O5S2. The maximum atomic E-state index is 12.9. The summed E-state index contributed by atoms with van der Waals surface area (Å²) in [6.07, 6.45) is 0.496. The van der Waals surface area contributed by atoms with Crippen molar-refractivity contribution in [3.63, 3.8) is 0 Å². The van der Waals surface area contributed by atoms with Crippen LogP contribution in [0.4, 0.5) is 5.69 Å². The zero-order valence-electron chi connectivity index (χ0n) is 16.7. The second kappa shape index (κ2) is 9.77. The number of hydrogen-bond donors (Lipinski definition) is 1. The Morgan fingerprint density at radius 3 is 2.80 bits per heavy atom. The zero-order valence-corrected chi connectivity index (χ0v) is 18.3. The fraction of sp³-hybridized carbons (Fsp3) is 0.300. The second-order valence-electron chi connectivity index (χ2n) is 6.23. The highest BCUT2D eigenvalue weighted by Crippen LogP contribution is 2.27. The number of methoxy groups -OCH3 is 2. The van der Waals surface area contributed by atoms with Gasteiger partial charge in [-0.2, -0.15) is 0 Å². The summed E-state index contributed by atoms with van der Waals surface area (Å²) in [7, 11) is 2.81. The molecule has 1 N–H and O–H groups in total. The second-order valence-corrected chi connectivity index (χ2v) is 8.32. The number of anilines is 1. The van der Waals surface area contributed by atoms with E-state index in [1.807, 2.05) is 6.92 Å². The minimum Gasteiger partial charge on any atom is -0.497 e. The smallest absolute Gasteiger partial charge is 0.325 e. The molecule has 10 heteroatoms. The number of ether oxygens (including phenoxy) is 2. The molecule has 2 heterocycles.